The molecule has 0 heterocycles. The molecule has 0 aliphatic carbocycles. The molecule has 0 saturated heterocycles. The highest BCUT2D eigenvalue weighted by Gasteiger charge is 2.05. The number of allylic oxidation sites excluding steroid dienone is 1. The van der Waals surface area contributed by atoms with Crippen LogP contribution >= 0.6 is 11.8 Å². The molecule has 0 aliphatic heterocycles. The molecule has 0 N–H and O–H groups in total. The molecule has 1 aromatic rings. The van der Waals surface area contributed by atoms with E-state index in [1.807, 2.05) is 30.3 Å². The van der Waals surface area contributed by atoms with E-state index < -0.39 is 11.0 Å². The Labute approximate surface area is 85.0 Å². The van der Waals surface area contributed by atoms with Gasteiger partial charge in [-0.25, -0.2) is 0 Å². The molecular weight excluding hydrogens is 204 g/mol. The minimum Gasteiger partial charge on any atom is -0.195 e. The molecule has 14 heavy (non-hydrogen) atoms. The van der Waals surface area contributed by atoms with Gasteiger partial charge in [0.2, 0.25) is 11.0 Å². The van der Waals surface area contributed by atoms with Crippen molar-refractivity contribution in [3.8, 4) is 6.07 Å². The van der Waals surface area contributed by atoms with Gasteiger partial charge in [0, 0.05) is 5.75 Å². The number of halogens is 2. The number of benzene rings is 1. The van der Waals surface area contributed by atoms with E-state index in [1.165, 1.54) is 0 Å². The SMILES string of the molecule is N#CC(F)=C(F)SCc1ccccc1. The summed E-state index contributed by atoms with van der Waals surface area (Å²) in [5, 5.41) is 7.01. The van der Waals surface area contributed by atoms with Crippen LogP contribution < -0.4 is 0 Å². The second-order valence-corrected chi connectivity index (χ2v) is 3.41. The van der Waals surface area contributed by atoms with E-state index in [2.05, 4.69) is 0 Å². The van der Waals surface area contributed by atoms with Crippen LogP contribution in [-0.4, -0.2) is 0 Å². The van der Waals surface area contributed by atoms with Gasteiger partial charge in [0.1, 0.15) is 6.07 Å². The zero-order valence-corrected chi connectivity index (χ0v) is 8.02. The standard InChI is InChI=1S/C10H7F2NS/c11-9(6-13)10(12)14-7-8-4-2-1-3-5-8/h1-5H,7H2. The predicted molar refractivity (Wildman–Crippen MR) is 52.6 cm³/mol. The molecule has 0 spiro atoms. The highest BCUT2D eigenvalue weighted by atomic mass is 32.2. The molecule has 0 saturated carbocycles. The number of thioether (sulfide) groups is 1. The lowest BCUT2D eigenvalue weighted by Gasteiger charge is -1.97. The van der Waals surface area contributed by atoms with Gasteiger partial charge in [-0.05, 0) is 5.56 Å². The second-order valence-electron chi connectivity index (χ2n) is 2.47. The molecule has 0 radical (unpaired) electrons. The van der Waals surface area contributed by atoms with Crippen LogP contribution in [0.4, 0.5) is 8.78 Å². The molecule has 0 unspecified atom stereocenters. The number of hydrogen-bond acceptors (Lipinski definition) is 2. The normalized spacial score (nSPS) is 11.8. The van der Waals surface area contributed by atoms with Crippen LogP contribution in [0.1, 0.15) is 5.56 Å². The van der Waals surface area contributed by atoms with Crippen LogP contribution in [0.3, 0.4) is 0 Å². The summed E-state index contributed by atoms with van der Waals surface area (Å²) in [5.41, 5.74) is 0.887. The Balaban J connectivity index is 2.55. The minimum atomic E-state index is -1.36. The van der Waals surface area contributed by atoms with Gasteiger partial charge in [-0.1, -0.05) is 42.1 Å². The lowest BCUT2D eigenvalue weighted by molar-refractivity contribution is 0.597. The molecule has 0 aliphatic rings. The van der Waals surface area contributed by atoms with Gasteiger partial charge in [0.05, 0.1) is 0 Å². The van der Waals surface area contributed by atoms with Crippen LogP contribution in [-0.2, 0) is 5.75 Å². The highest BCUT2D eigenvalue weighted by Crippen LogP contribution is 2.25. The fourth-order valence-corrected chi connectivity index (χ4v) is 1.49. The molecule has 0 atom stereocenters. The lowest BCUT2D eigenvalue weighted by Crippen LogP contribution is -1.79. The number of hydrogen-bond donors (Lipinski definition) is 0. The zero-order chi connectivity index (χ0) is 10.4. The fourth-order valence-electron chi connectivity index (χ4n) is 0.828. The number of rotatable bonds is 3. The van der Waals surface area contributed by atoms with Crippen molar-refractivity contribution in [2.45, 2.75) is 5.75 Å². The molecule has 0 bridgehead atoms. The molecule has 1 rings (SSSR count). The van der Waals surface area contributed by atoms with E-state index in [-0.39, 0.29) is 0 Å². The van der Waals surface area contributed by atoms with Crippen molar-refractivity contribution in [3.63, 3.8) is 0 Å². The van der Waals surface area contributed by atoms with Crippen molar-refractivity contribution in [2.75, 3.05) is 0 Å². The quantitative estimate of drug-likeness (QED) is 0.714. The molecule has 4 heteroatoms. The van der Waals surface area contributed by atoms with Crippen LogP contribution in [0.15, 0.2) is 41.3 Å². The Morgan fingerprint density at radius 3 is 2.50 bits per heavy atom. The highest BCUT2D eigenvalue weighted by molar-refractivity contribution is 8.02. The van der Waals surface area contributed by atoms with Gasteiger partial charge in [-0.3, -0.25) is 0 Å². The minimum absolute atomic E-state index is 0.321. The lowest BCUT2D eigenvalue weighted by atomic mass is 10.2. The third kappa shape index (κ3) is 3.19. The van der Waals surface area contributed by atoms with Gasteiger partial charge in [0.25, 0.3) is 0 Å². The summed E-state index contributed by atoms with van der Waals surface area (Å²) >= 11 is 0.678. The van der Waals surface area contributed by atoms with Crippen molar-refractivity contribution in [3.05, 3.63) is 46.9 Å². The van der Waals surface area contributed by atoms with Crippen molar-refractivity contribution < 1.29 is 8.78 Å². The summed E-state index contributed by atoms with van der Waals surface area (Å²) in [5.74, 6) is -1.03. The maximum Gasteiger partial charge on any atom is 0.242 e. The molecule has 1 aromatic carbocycles. The molecule has 0 aromatic heterocycles. The largest absolute Gasteiger partial charge is 0.242 e. The first-order chi connectivity index (χ1) is 6.74. The second kappa shape index (κ2) is 5.40. The Hall–Kier alpha value is -1.34. The Bertz CT molecular complexity index is 367. The molecule has 0 fully saturated rings. The summed E-state index contributed by atoms with van der Waals surface area (Å²) in [7, 11) is 0. The zero-order valence-electron chi connectivity index (χ0n) is 7.21. The summed E-state index contributed by atoms with van der Waals surface area (Å²) in [6.45, 7) is 0. The fraction of sp³-hybridized carbons (Fsp3) is 0.100. The van der Waals surface area contributed by atoms with Crippen LogP contribution in [0.5, 0.6) is 0 Å². The van der Waals surface area contributed by atoms with E-state index in [0.29, 0.717) is 17.5 Å². The van der Waals surface area contributed by atoms with Gasteiger partial charge >= 0.3 is 0 Å². The third-order valence-electron chi connectivity index (χ3n) is 1.48. The Morgan fingerprint density at radius 2 is 1.93 bits per heavy atom. The van der Waals surface area contributed by atoms with Crippen LogP contribution in [0.25, 0.3) is 0 Å². The summed E-state index contributed by atoms with van der Waals surface area (Å²) in [6, 6.07) is 10.2. The first kappa shape index (κ1) is 10.7. The molecule has 0 amide bonds. The van der Waals surface area contributed by atoms with E-state index in [1.54, 1.807) is 0 Å². The first-order valence-electron chi connectivity index (χ1n) is 3.86. The van der Waals surface area contributed by atoms with Crippen LogP contribution in [0.2, 0.25) is 0 Å². The summed E-state index contributed by atoms with van der Waals surface area (Å²) in [4.78, 5) is 0. The van der Waals surface area contributed by atoms with Crippen molar-refractivity contribution >= 4 is 11.8 Å². The van der Waals surface area contributed by atoms with Crippen LogP contribution in [0, 0.1) is 11.3 Å². The smallest absolute Gasteiger partial charge is 0.195 e. The van der Waals surface area contributed by atoms with E-state index in [4.69, 9.17) is 5.26 Å². The summed E-state index contributed by atoms with van der Waals surface area (Å²) < 4.78 is 25.1. The van der Waals surface area contributed by atoms with Gasteiger partial charge in [-0.15, -0.1) is 0 Å². The van der Waals surface area contributed by atoms with Crippen molar-refractivity contribution in [1.82, 2.24) is 0 Å². The maximum atomic E-state index is 12.7. The number of nitrogens with zero attached hydrogens (tertiary/aromatic N) is 1. The van der Waals surface area contributed by atoms with E-state index in [9.17, 15) is 8.78 Å². The maximum absolute atomic E-state index is 12.7. The molecule has 72 valence electrons. The average Bonchev–Trinajstić information content (AvgIpc) is 2.26. The van der Waals surface area contributed by atoms with Gasteiger partial charge < -0.3 is 0 Å². The predicted octanol–water partition coefficient (Wildman–Crippen LogP) is 3.55. The topological polar surface area (TPSA) is 23.8 Å². The van der Waals surface area contributed by atoms with E-state index >= 15 is 0 Å². The Kier molecular flexibility index (Phi) is 4.14. The summed E-state index contributed by atoms with van der Waals surface area (Å²) in [6.07, 6.45) is 0. The van der Waals surface area contributed by atoms with Crippen molar-refractivity contribution in [2.24, 2.45) is 0 Å². The average molecular weight is 211 g/mol. The first-order valence-corrected chi connectivity index (χ1v) is 4.84. The molecular formula is C10H7F2NS. The monoisotopic (exact) mass is 211 g/mol. The van der Waals surface area contributed by atoms with Gasteiger partial charge in [0.15, 0.2) is 0 Å². The number of nitriles is 1. The third-order valence-corrected chi connectivity index (χ3v) is 2.39. The van der Waals surface area contributed by atoms with E-state index in [0.717, 1.165) is 11.6 Å². The van der Waals surface area contributed by atoms with Crippen molar-refractivity contribution in [1.29, 1.82) is 5.26 Å². The molecule has 1 nitrogen and oxygen atoms in total. The Morgan fingerprint density at radius 1 is 1.29 bits per heavy atom. The van der Waals surface area contributed by atoms with Gasteiger partial charge in [-0.2, -0.15) is 14.0 Å².